The Labute approximate surface area is 133 Å². The second-order valence-corrected chi connectivity index (χ2v) is 6.23. The largest absolute Gasteiger partial charge is 0.495 e. The smallest absolute Gasteiger partial charge is 0.141 e. The van der Waals surface area contributed by atoms with E-state index in [1.165, 1.54) is 11.1 Å². The number of hydrogen-bond acceptors (Lipinski definition) is 3. The number of benzene rings is 2. The molecule has 0 saturated heterocycles. The quantitative estimate of drug-likeness (QED) is 0.925. The zero-order valence-corrected chi connectivity index (χ0v) is 13.7. The van der Waals surface area contributed by atoms with Crippen LogP contribution in [0.3, 0.4) is 0 Å². The lowest BCUT2D eigenvalue weighted by molar-refractivity contribution is 0.368. The van der Waals surface area contributed by atoms with Crippen LogP contribution in [0.5, 0.6) is 11.5 Å². The van der Waals surface area contributed by atoms with Crippen molar-refractivity contribution in [3.63, 3.8) is 0 Å². The molecule has 0 heterocycles. The fourth-order valence-electron chi connectivity index (χ4n) is 3.12. The molecule has 2 N–H and O–H groups in total. The van der Waals surface area contributed by atoms with Gasteiger partial charge in [-0.2, -0.15) is 0 Å². The number of ether oxygens (including phenoxy) is 2. The van der Waals surface area contributed by atoms with E-state index in [0.717, 1.165) is 34.4 Å². The van der Waals surface area contributed by atoms with Gasteiger partial charge in [0.1, 0.15) is 16.0 Å². The maximum atomic E-state index is 6.73. The zero-order valence-electron chi connectivity index (χ0n) is 12.2. The fourth-order valence-corrected chi connectivity index (χ4v) is 3.79. The van der Waals surface area contributed by atoms with Gasteiger partial charge in [0.2, 0.25) is 0 Å². The molecule has 2 aromatic carbocycles. The third kappa shape index (κ3) is 2.32. The van der Waals surface area contributed by atoms with Gasteiger partial charge in [-0.25, -0.2) is 0 Å². The van der Waals surface area contributed by atoms with E-state index in [2.05, 4.69) is 40.2 Å². The minimum atomic E-state index is -0.441. The molecule has 1 aliphatic rings. The van der Waals surface area contributed by atoms with Gasteiger partial charge in [-0.05, 0) is 52.0 Å². The molecular formula is C17H18BrNO2. The SMILES string of the molecule is COc1ccc(C2(N)Cc3ccccc3C2)c(OC)c1Br. The molecule has 3 nitrogen and oxygen atoms in total. The van der Waals surface area contributed by atoms with Crippen molar-refractivity contribution in [3.05, 3.63) is 57.6 Å². The summed E-state index contributed by atoms with van der Waals surface area (Å²) in [6, 6.07) is 12.4. The Morgan fingerprint density at radius 3 is 2.14 bits per heavy atom. The van der Waals surface area contributed by atoms with E-state index in [-0.39, 0.29) is 0 Å². The third-order valence-electron chi connectivity index (χ3n) is 4.15. The maximum Gasteiger partial charge on any atom is 0.141 e. The summed E-state index contributed by atoms with van der Waals surface area (Å²) in [5.74, 6) is 1.50. The van der Waals surface area contributed by atoms with E-state index in [0.29, 0.717) is 0 Å². The number of fused-ring (bicyclic) bond motifs is 1. The summed E-state index contributed by atoms with van der Waals surface area (Å²) in [5.41, 5.74) is 9.92. The summed E-state index contributed by atoms with van der Waals surface area (Å²) in [5, 5.41) is 0. The molecular weight excluding hydrogens is 330 g/mol. The first kappa shape index (κ1) is 14.4. The second kappa shape index (κ2) is 5.35. The summed E-state index contributed by atoms with van der Waals surface area (Å²) in [7, 11) is 3.30. The number of hydrogen-bond donors (Lipinski definition) is 1. The minimum Gasteiger partial charge on any atom is -0.495 e. The molecule has 2 aromatic rings. The molecule has 0 unspecified atom stereocenters. The van der Waals surface area contributed by atoms with E-state index in [4.69, 9.17) is 15.2 Å². The highest BCUT2D eigenvalue weighted by molar-refractivity contribution is 9.10. The van der Waals surface area contributed by atoms with Crippen molar-refractivity contribution in [2.24, 2.45) is 5.73 Å². The minimum absolute atomic E-state index is 0.441. The van der Waals surface area contributed by atoms with E-state index in [9.17, 15) is 0 Å². The van der Waals surface area contributed by atoms with Gasteiger partial charge in [0.05, 0.1) is 19.8 Å². The van der Waals surface area contributed by atoms with Crippen molar-refractivity contribution in [3.8, 4) is 11.5 Å². The highest BCUT2D eigenvalue weighted by atomic mass is 79.9. The molecule has 4 heteroatoms. The zero-order chi connectivity index (χ0) is 15.0. The number of rotatable bonds is 3. The lowest BCUT2D eigenvalue weighted by Crippen LogP contribution is -2.37. The van der Waals surface area contributed by atoms with Gasteiger partial charge in [0.15, 0.2) is 0 Å². The van der Waals surface area contributed by atoms with Crippen LogP contribution in [0.25, 0.3) is 0 Å². The standard InChI is InChI=1S/C17H18BrNO2/c1-20-14-8-7-13(16(21-2)15(14)18)17(19)9-11-5-3-4-6-12(11)10-17/h3-8H,9-10,19H2,1-2H3. The first-order chi connectivity index (χ1) is 10.1. The fraction of sp³-hybridized carbons (Fsp3) is 0.294. The van der Waals surface area contributed by atoms with Gasteiger partial charge in [0.25, 0.3) is 0 Å². The molecule has 21 heavy (non-hydrogen) atoms. The van der Waals surface area contributed by atoms with Gasteiger partial charge in [0, 0.05) is 5.56 Å². The molecule has 110 valence electrons. The predicted octanol–water partition coefficient (Wildman–Crippen LogP) is 3.42. The van der Waals surface area contributed by atoms with Gasteiger partial charge in [-0.15, -0.1) is 0 Å². The molecule has 0 amide bonds. The Morgan fingerprint density at radius 1 is 1.00 bits per heavy atom. The van der Waals surface area contributed by atoms with Crippen molar-refractivity contribution >= 4 is 15.9 Å². The monoisotopic (exact) mass is 347 g/mol. The second-order valence-electron chi connectivity index (χ2n) is 5.44. The van der Waals surface area contributed by atoms with Crippen LogP contribution in [0, 0.1) is 0 Å². The summed E-state index contributed by atoms with van der Waals surface area (Å²) in [6.07, 6.45) is 1.64. The van der Waals surface area contributed by atoms with Gasteiger partial charge >= 0.3 is 0 Å². The van der Waals surface area contributed by atoms with Crippen LogP contribution in [0.2, 0.25) is 0 Å². The molecule has 0 aromatic heterocycles. The first-order valence-electron chi connectivity index (χ1n) is 6.85. The van der Waals surface area contributed by atoms with E-state index in [1.807, 2.05) is 12.1 Å². The van der Waals surface area contributed by atoms with Gasteiger partial charge in [-0.3, -0.25) is 0 Å². The Bertz CT molecular complexity index is 659. The number of nitrogens with two attached hydrogens (primary N) is 1. The van der Waals surface area contributed by atoms with E-state index < -0.39 is 5.54 Å². The molecule has 0 saturated carbocycles. The highest BCUT2D eigenvalue weighted by Crippen LogP contribution is 2.45. The van der Waals surface area contributed by atoms with Crippen LogP contribution >= 0.6 is 15.9 Å². The molecule has 0 bridgehead atoms. The van der Waals surface area contributed by atoms with Crippen molar-refractivity contribution in [2.75, 3.05) is 14.2 Å². The normalized spacial score (nSPS) is 15.6. The van der Waals surface area contributed by atoms with E-state index in [1.54, 1.807) is 14.2 Å². The summed E-state index contributed by atoms with van der Waals surface area (Å²) >= 11 is 3.55. The lowest BCUT2D eigenvalue weighted by atomic mass is 9.87. The van der Waals surface area contributed by atoms with Crippen LogP contribution in [0.4, 0.5) is 0 Å². The molecule has 0 aliphatic heterocycles. The van der Waals surface area contributed by atoms with Crippen molar-refractivity contribution < 1.29 is 9.47 Å². The average molecular weight is 348 g/mol. The van der Waals surface area contributed by atoms with Gasteiger partial charge < -0.3 is 15.2 Å². The molecule has 0 atom stereocenters. The first-order valence-corrected chi connectivity index (χ1v) is 7.65. The van der Waals surface area contributed by atoms with Gasteiger partial charge in [-0.1, -0.05) is 24.3 Å². The highest BCUT2D eigenvalue weighted by Gasteiger charge is 2.38. The maximum absolute atomic E-state index is 6.73. The van der Waals surface area contributed by atoms with Crippen molar-refractivity contribution in [1.29, 1.82) is 0 Å². The Balaban J connectivity index is 2.08. The summed E-state index contributed by atoms with van der Waals surface area (Å²) in [4.78, 5) is 0. The Kier molecular flexibility index (Phi) is 3.68. The van der Waals surface area contributed by atoms with Crippen LogP contribution in [0.1, 0.15) is 16.7 Å². The van der Waals surface area contributed by atoms with Crippen LogP contribution in [-0.4, -0.2) is 14.2 Å². The average Bonchev–Trinajstić information content (AvgIpc) is 2.84. The van der Waals surface area contributed by atoms with Crippen LogP contribution in [0.15, 0.2) is 40.9 Å². The predicted molar refractivity (Wildman–Crippen MR) is 87.0 cm³/mol. The Morgan fingerprint density at radius 2 is 1.62 bits per heavy atom. The van der Waals surface area contributed by atoms with E-state index >= 15 is 0 Å². The molecule has 1 aliphatic carbocycles. The molecule has 0 radical (unpaired) electrons. The van der Waals surface area contributed by atoms with Crippen LogP contribution < -0.4 is 15.2 Å². The molecule has 0 fully saturated rings. The van der Waals surface area contributed by atoms with Crippen molar-refractivity contribution in [1.82, 2.24) is 0 Å². The third-order valence-corrected chi connectivity index (χ3v) is 4.90. The Hall–Kier alpha value is -1.52. The summed E-state index contributed by atoms with van der Waals surface area (Å²) in [6.45, 7) is 0. The molecule has 0 spiro atoms. The van der Waals surface area contributed by atoms with Crippen molar-refractivity contribution in [2.45, 2.75) is 18.4 Å². The molecule has 3 rings (SSSR count). The number of halogens is 1. The topological polar surface area (TPSA) is 44.5 Å². The number of methoxy groups -OCH3 is 2. The van der Waals surface area contributed by atoms with Crippen LogP contribution in [-0.2, 0) is 18.4 Å². The summed E-state index contributed by atoms with van der Waals surface area (Å²) < 4.78 is 11.7. The lowest BCUT2D eigenvalue weighted by Gasteiger charge is -2.27.